The van der Waals surface area contributed by atoms with Crippen LogP contribution in [0.2, 0.25) is 0 Å². The van der Waals surface area contributed by atoms with Crippen LogP contribution in [0.25, 0.3) is 0 Å². The topological polar surface area (TPSA) is 21.3 Å². The summed E-state index contributed by atoms with van der Waals surface area (Å²) < 4.78 is 5.88. The van der Waals surface area contributed by atoms with E-state index in [1.807, 2.05) is 11.8 Å². The van der Waals surface area contributed by atoms with Gasteiger partial charge < -0.3 is 10.1 Å². The molecule has 1 N–H and O–H groups in total. The molecule has 2 nitrogen and oxygen atoms in total. The lowest BCUT2D eigenvalue weighted by atomic mass is 10.1. The third-order valence-corrected chi connectivity index (χ3v) is 4.40. The predicted octanol–water partition coefficient (Wildman–Crippen LogP) is 2.40. The molecule has 0 aliphatic carbocycles. The summed E-state index contributed by atoms with van der Waals surface area (Å²) in [6.45, 7) is 1.93. The van der Waals surface area contributed by atoms with Crippen LogP contribution in [0.5, 0.6) is 5.75 Å². The minimum absolute atomic E-state index is 0.771. The van der Waals surface area contributed by atoms with E-state index in [0.29, 0.717) is 0 Å². The Balaban J connectivity index is 1.71. The smallest absolute Gasteiger partial charge is 0.142 e. The van der Waals surface area contributed by atoms with Crippen LogP contribution >= 0.6 is 11.8 Å². The van der Waals surface area contributed by atoms with Crippen molar-refractivity contribution in [2.45, 2.75) is 6.42 Å². The number of thioether (sulfide) groups is 1. The van der Waals surface area contributed by atoms with Gasteiger partial charge in [0.2, 0.25) is 0 Å². The summed E-state index contributed by atoms with van der Waals surface area (Å²) in [6, 6.07) is 6.35. The lowest BCUT2D eigenvalue weighted by molar-refractivity contribution is 0.271. The maximum absolute atomic E-state index is 5.88. The molecular weight excluding hydrogens is 206 g/mol. The van der Waals surface area contributed by atoms with Crippen LogP contribution < -0.4 is 10.1 Å². The van der Waals surface area contributed by atoms with E-state index in [1.54, 1.807) is 0 Å². The summed E-state index contributed by atoms with van der Waals surface area (Å²) in [5.41, 5.74) is 2.62. The summed E-state index contributed by atoms with van der Waals surface area (Å²) >= 11 is 2.01. The van der Waals surface area contributed by atoms with Gasteiger partial charge in [0.05, 0.1) is 12.3 Å². The molecule has 0 radical (unpaired) electrons. The number of benzene rings is 1. The van der Waals surface area contributed by atoms with Crippen molar-refractivity contribution in [2.24, 2.45) is 5.92 Å². The van der Waals surface area contributed by atoms with Crippen molar-refractivity contribution in [3.8, 4) is 5.75 Å². The number of anilines is 1. The van der Waals surface area contributed by atoms with Gasteiger partial charge in [-0.15, -0.1) is 0 Å². The molecule has 0 spiro atoms. The molecule has 0 bridgehead atoms. The maximum atomic E-state index is 5.88. The molecule has 3 heteroatoms. The zero-order valence-corrected chi connectivity index (χ0v) is 9.48. The number of para-hydroxylation sites is 1. The quantitative estimate of drug-likeness (QED) is 0.847. The van der Waals surface area contributed by atoms with Gasteiger partial charge in [0.15, 0.2) is 0 Å². The van der Waals surface area contributed by atoms with Gasteiger partial charge in [-0.1, -0.05) is 12.1 Å². The normalized spacial score (nSPS) is 19.2. The van der Waals surface area contributed by atoms with Gasteiger partial charge in [0.1, 0.15) is 5.75 Å². The lowest BCUT2D eigenvalue weighted by Crippen LogP contribution is -2.25. The van der Waals surface area contributed by atoms with Crippen molar-refractivity contribution in [3.05, 3.63) is 23.8 Å². The fraction of sp³-hybridized carbons (Fsp3) is 0.500. The van der Waals surface area contributed by atoms with Crippen LogP contribution in [0, 0.1) is 5.92 Å². The van der Waals surface area contributed by atoms with Crippen LogP contribution in [0.1, 0.15) is 5.56 Å². The molecule has 0 aromatic heterocycles. The van der Waals surface area contributed by atoms with E-state index in [4.69, 9.17) is 4.74 Å². The molecule has 0 atom stereocenters. The van der Waals surface area contributed by atoms with Crippen LogP contribution in [0.3, 0.4) is 0 Å². The van der Waals surface area contributed by atoms with E-state index in [1.165, 1.54) is 22.8 Å². The van der Waals surface area contributed by atoms with Crippen LogP contribution in [-0.4, -0.2) is 24.7 Å². The predicted molar refractivity (Wildman–Crippen MR) is 64.9 cm³/mol. The number of ether oxygens (including phenoxy) is 1. The molecule has 1 aromatic carbocycles. The van der Waals surface area contributed by atoms with E-state index < -0.39 is 0 Å². The first-order valence-electron chi connectivity index (χ1n) is 5.50. The minimum atomic E-state index is 0.771. The molecule has 0 unspecified atom stereocenters. The summed E-state index contributed by atoms with van der Waals surface area (Å²) in [6.07, 6.45) is 1.13. The highest BCUT2D eigenvalue weighted by atomic mass is 32.2. The van der Waals surface area contributed by atoms with Crippen LogP contribution in [0.15, 0.2) is 18.2 Å². The number of hydrogen-bond donors (Lipinski definition) is 1. The highest BCUT2D eigenvalue weighted by molar-refractivity contribution is 8.00. The highest BCUT2D eigenvalue weighted by Gasteiger charge is 2.20. The van der Waals surface area contributed by atoms with E-state index in [9.17, 15) is 0 Å². The molecule has 1 saturated heterocycles. The van der Waals surface area contributed by atoms with Gasteiger partial charge in [0, 0.05) is 24.0 Å². The largest absolute Gasteiger partial charge is 0.491 e. The Morgan fingerprint density at radius 1 is 1.40 bits per heavy atom. The average molecular weight is 221 g/mol. The third kappa shape index (κ3) is 1.81. The minimum Gasteiger partial charge on any atom is -0.491 e. The Morgan fingerprint density at radius 2 is 2.33 bits per heavy atom. The first-order valence-corrected chi connectivity index (χ1v) is 6.65. The van der Waals surface area contributed by atoms with Crippen molar-refractivity contribution in [1.29, 1.82) is 0 Å². The summed E-state index contributed by atoms with van der Waals surface area (Å²) in [5.74, 6) is 4.35. The number of hydrogen-bond acceptors (Lipinski definition) is 3. The Bertz CT molecular complexity index is 363. The summed E-state index contributed by atoms with van der Waals surface area (Å²) in [5, 5.41) is 3.40. The van der Waals surface area contributed by atoms with Crippen molar-refractivity contribution >= 4 is 17.4 Å². The van der Waals surface area contributed by atoms with Crippen LogP contribution in [-0.2, 0) is 6.42 Å². The number of rotatable bonds is 3. The van der Waals surface area contributed by atoms with Gasteiger partial charge in [-0.3, -0.25) is 0 Å². The van der Waals surface area contributed by atoms with Crippen molar-refractivity contribution in [1.82, 2.24) is 0 Å². The lowest BCUT2D eigenvalue weighted by Gasteiger charge is -2.25. The average Bonchev–Trinajstić information content (AvgIpc) is 2.63. The molecule has 0 saturated carbocycles. The summed E-state index contributed by atoms with van der Waals surface area (Å²) in [7, 11) is 0. The fourth-order valence-corrected chi connectivity index (χ4v) is 2.78. The van der Waals surface area contributed by atoms with E-state index in [-0.39, 0.29) is 0 Å². The van der Waals surface area contributed by atoms with E-state index in [2.05, 4.69) is 23.5 Å². The van der Waals surface area contributed by atoms with Gasteiger partial charge in [-0.05, 0) is 18.1 Å². The van der Waals surface area contributed by atoms with Gasteiger partial charge >= 0.3 is 0 Å². The highest BCUT2D eigenvalue weighted by Crippen LogP contribution is 2.33. The molecule has 80 valence electrons. The monoisotopic (exact) mass is 221 g/mol. The second-order valence-corrected chi connectivity index (χ2v) is 5.26. The number of fused-ring (bicyclic) bond motifs is 1. The molecule has 15 heavy (non-hydrogen) atoms. The third-order valence-electron chi connectivity index (χ3n) is 2.99. The molecule has 2 heterocycles. The molecule has 2 aliphatic heterocycles. The molecule has 3 rings (SSSR count). The van der Waals surface area contributed by atoms with E-state index in [0.717, 1.165) is 31.2 Å². The van der Waals surface area contributed by atoms with Crippen molar-refractivity contribution in [3.63, 3.8) is 0 Å². The molecule has 2 aliphatic rings. The molecule has 1 fully saturated rings. The van der Waals surface area contributed by atoms with Gasteiger partial charge in [-0.2, -0.15) is 11.8 Å². The first kappa shape index (κ1) is 9.40. The van der Waals surface area contributed by atoms with Crippen molar-refractivity contribution in [2.75, 3.05) is 30.0 Å². The zero-order chi connectivity index (χ0) is 10.1. The molecular formula is C12H15NOS. The molecule has 0 amide bonds. The SMILES string of the molecule is c1cc2c(c(OCC3CSC3)c1)NCC2. The van der Waals surface area contributed by atoms with Crippen LogP contribution in [0.4, 0.5) is 5.69 Å². The number of nitrogens with one attached hydrogen (secondary N) is 1. The van der Waals surface area contributed by atoms with E-state index >= 15 is 0 Å². The van der Waals surface area contributed by atoms with Crippen molar-refractivity contribution < 1.29 is 4.74 Å². The summed E-state index contributed by atoms with van der Waals surface area (Å²) in [4.78, 5) is 0. The first-order chi connectivity index (χ1) is 7.43. The second-order valence-electron chi connectivity index (χ2n) is 4.18. The maximum Gasteiger partial charge on any atom is 0.142 e. The zero-order valence-electron chi connectivity index (χ0n) is 8.66. The molecule has 1 aromatic rings. The standard InChI is InChI=1S/C12H15NOS/c1-2-10-4-5-13-12(10)11(3-1)14-6-9-7-15-8-9/h1-3,9,13H,4-8H2. The Kier molecular flexibility index (Phi) is 2.49. The Morgan fingerprint density at radius 3 is 3.13 bits per heavy atom. The fourth-order valence-electron chi connectivity index (χ4n) is 2.02. The Hall–Kier alpha value is -0.830. The Labute approximate surface area is 94.4 Å². The van der Waals surface area contributed by atoms with Gasteiger partial charge in [0.25, 0.3) is 0 Å². The second kappa shape index (κ2) is 3.97. The van der Waals surface area contributed by atoms with Gasteiger partial charge in [-0.25, -0.2) is 0 Å².